The Kier molecular flexibility index (Phi) is 5.08. The van der Waals surface area contributed by atoms with Crippen LogP contribution in [0.3, 0.4) is 0 Å². The van der Waals surface area contributed by atoms with Crippen molar-refractivity contribution in [3.8, 4) is 0 Å². The molecule has 3 nitrogen and oxygen atoms in total. The third-order valence-electron chi connectivity index (χ3n) is 4.41. The van der Waals surface area contributed by atoms with Gasteiger partial charge in [-0.3, -0.25) is 4.79 Å². The fourth-order valence-electron chi connectivity index (χ4n) is 3.17. The van der Waals surface area contributed by atoms with Crippen molar-refractivity contribution in [1.82, 2.24) is 10.3 Å². The first-order valence-corrected chi connectivity index (χ1v) is 8.94. The maximum absolute atomic E-state index is 12.8. The molecule has 1 aliphatic rings. The number of fused-ring (bicyclic) bond motifs is 1. The minimum absolute atomic E-state index is 0.00359. The number of carbonyl (C=O) groups excluding carboxylic acids is 1. The van der Waals surface area contributed by atoms with E-state index in [-0.39, 0.29) is 31.2 Å². The Morgan fingerprint density at radius 2 is 2.08 bits per heavy atom. The van der Waals surface area contributed by atoms with Crippen molar-refractivity contribution in [1.29, 1.82) is 0 Å². The van der Waals surface area contributed by atoms with Crippen LogP contribution in [0.2, 0.25) is 0 Å². The normalized spacial score (nSPS) is 21.8. The van der Waals surface area contributed by atoms with Gasteiger partial charge in [-0.15, -0.1) is 11.3 Å². The van der Waals surface area contributed by atoms with Crippen molar-refractivity contribution in [3.63, 3.8) is 0 Å². The fraction of sp³-hybridized carbons (Fsp3) is 0.529. The van der Waals surface area contributed by atoms with Crippen LogP contribution < -0.4 is 5.32 Å². The Morgan fingerprint density at radius 3 is 2.83 bits per heavy atom. The summed E-state index contributed by atoms with van der Waals surface area (Å²) in [4.78, 5) is 16.5. The minimum atomic E-state index is -4.16. The molecule has 1 aromatic heterocycles. The second-order valence-corrected chi connectivity index (χ2v) is 7.36. The van der Waals surface area contributed by atoms with E-state index < -0.39 is 12.1 Å². The molecular formula is C17H19F3N2OS. The average molecular weight is 356 g/mol. The van der Waals surface area contributed by atoms with Crippen molar-refractivity contribution in [2.24, 2.45) is 5.92 Å². The number of rotatable bonds is 4. The number of carbonyl (C=O) groups is 1. The average Bonchev–Trinajstić information content (AvgIpc) is 2.95. The SMILES string of the molecule is O=C(CCc1nc2ccccc2s1)NC1CCCC(C(F)(F)F)C1. The first-order valence-electron chi connectivity index (χ1n) is 8.12. The zero-order valence-corrected chi connectivity index (χ0v) is 13.9. The number of halogens is 3. The highest BCUT2D eigenvalue weighted by molar-refractivity contribution is 7.18. The van der Waals surface area contributed by atoms with Gasteiger partial charge in [-0.05, 0) is 31.4 Å². The number of amides is 1. The molecule has 0 aliphatic heterocycles. The molecule has 2 unspecified atom stereocenters. The largest absolute Gasteiger partial charge is 0.391 e. The summed E-state index contributed by atoms with van der Waals surface area (Å²) in [5, 5.41) is 3.64. The number of thiazole rings is 1. The molecule has 1 aliphatic carbocycles. The fourth-order valence-corrected chi connectivity index (χ4v) is 4.13. The second-order valence-electron chi connectivity index (χ2n) is 6.24. The molecule has 1 aromatic carbocycles. The van der Waals surface area contributed by atoms with Crippen LogP contribution in [0.1, 0.15) is 37.1 Å². The van der Waals surface area contributed by atoms with E-state index in [1.807, 2.05) is 24.3 Å². The van der Waals surface area contributed by atoms with Crippen LogP contribution in [0, 0.1) is 5.92 Å². The van der Waals surface area contributed by atoms with E-state index in [1.54, 1.807) is 11.3 Å². The lowest BCUT2D eigenvalue weighted by atomic mass is 9.85. The zero-order chi connectivity index (χ0) is 17.2. The summed E-state index contributed by atoms with van der Waals surface area (Å²) in [6, 6.07) is 7.40. The zero-order valence-electron chi connectivity index (χ0n) is 13.1. The maximum Gasteiger partial charge on any atom is 0.391 e. The third kappa shape index (κ3) is 4.26. The highest BCUT2D eigenvalue weighted by Gasteiger charge is 2.42. The monoisotopic (exact) mass is 356 g/mol. The number of aryl methyl sites for hydroxylation is 1. The summed E-state index contributed by atoms with van der Waals surface area (Å²) in [7, 11) is 0. The van der Waals surface area contributed by atoms with Gasteiger partial charge < -0.3 is 5.32 Å². The van der Waals surface area contributed by atoms with Crippen LogP contribution in [-0.4, -0.2) is 23.1 Å². The van der Waals surface area contributed by atoms with Crippen LogP contribution in [0.25, 0.3) is 10.2 Å². The van der Waals surface area contributed by atoms with Crippen molar-refractivity contribution < 1.29 is 18.0 Å². The molecule has 0 radical (unpaired) electrons. The summed E-state index contributed by atoms with van der Waals surface area (Å²) in [6.07, 6.45) is -2.09. The van der Waals surface area contributed by atoms with Crippen LogP contribution in [0.5, 0.6) is 0 Å². The van der Waals surface area contributed by atoms with E-state index in [1.165, 1.54) is 0 Å². The summed E-state index contributed by atoms with van der Waals surface area (Å²) >= 11 is 1.55. The molecule has 130 valence electrons. The van der Waals surface area contributed by atoms with Gasteiger partial charge in [-0.1, -0.05) is 18.6 Å². The number of aromatic nitrogens is 1. The first kappa shape index (κ1) is 17.2. The number of hydrogen-bond acceptors (Lipinski definition) is 3. The van der Waals surface area contributed by atoms with Crippen molar-refractivity contribution >= 4 is 27.5 Å². The van der Waals surface area contributed by atoms with Gasteiger partial charge in [0.25, 0.3) is 0 Å². The Bertz CT molecular complexity index is 680. The van der Waals surface area contributed by atoms with Crippen LogP contribution in [0.4, 0.5) is 13.2 Å². The van der Waals surface area contributed by atoms with Crippen LogP contribution >= 0.6 is 11.3 Å². The lowest BCUT2D eigenvalue weighted by Gasteiger charge is -2.31. The molecule has 2 atom stereocenters. The molecule has 1 N–H and O–H groups in total. The number of alkyl halides is 3. The molecule has 0 spiro atoms. The van der Waals surface area contributed by atoms with Crippen LogP contribution in [-0.2, 0) is 11.2 Å². The topological polar surface area (TPSA) is 42.0 Å². The van der Waals surface area contributed by atoms with Gasteiger partial charge in [0, 0.05) is 18.9 Å². The molecule has 1 fully saturated rings. The Balaban J connectivity index is 1.50. The van der Waals surface area contributed by atoms with Gasteiger partial charge in [0.15, 0.2) is 0 Å². The lowest BCUT2D eigenvalue weighted by molar-refractivity contribution is -0.184. The van der Waals surface area contributed by atoms with Gasteiger partial charge in [0.05, 0.1) is 21.1 Å². The molecule has 0 saturated heterocycles. The number of nitrogens with one attached hydrogen (secondary N) is 1. The standard InChI is InChI=1S/C17H19F3N2OS/c18-17(19,20)11-4-3-5-12(10-11)21-15(23)8-9-16-22-13-6-1-2-7-14(13)24-16/h1-2,6-7,11-12H,3-5,8-10H2,(H,21,23). The second kappa shape index (κ2) is 7.09. The molecule has 3 rings (SSSR count). The Morgan fingerprint density at radius 1 is 1.29 bits per heavy atom. The van der Waals surface area contributed by atoms with Crippen molar-refractivity contribution in [2.75, 3.05) is 0 Å². The van der Waals surface area contributed by atoms with Gasteiger partial charge in [-0.2, -0.15) is 13.2 Å². The van der Waals surface area contributed by atoms with E-state index in [0.717, 1.165) is 15.2 Å². The van der Waals surface area contributed by atoms with Gasteiger partial charge in [0.1, 0.15) is 0 Å². The van der Waals surface area contributed by atoms with Crippen molar-refractivity contribution in [2.45, 2.75) is 50.7 Å². The number of hydrogen-bond donors (Lipinski definition) is 1. The van der Waals surface area contributed by atoms with E-state index in [0.29, 0.717) is 19.3 Å². The molecule has 24 heavy (non-hydrogen) atoms. The maximum atomic E-state index is 12.8. The van der Waals surface area contributed by atoms with Gasteiger partial charge in [0.2, 0.25) is 5.91 Å². The van der Waals surface area contributed by atoms with Gasteiger partial charge in [-0.25, -0.2) is 4.98 Å². The Hall–Kier alpha value is -1.63. The lowest BCUT2D eigenvalue weighted by Crippen LogP contribution is -2.41. The molecule has 1 amide bonds. The molecular weight excluding hydrogens is 337 g/mol. The minimum Gasteiger partial charge on any atom is -0.353 e. The summed E-state index contributed by atoms with van der Waals surface area (Å²) in [6.45, 7) is 0. The van der Waals surface area contributed by atoms with E-state index in [2.05, 4.69) is 10.3 Å². The first-order chi connectivity index (χ1) is 11.4. The molecule has 7 heteroatoms. The highest BCUT2D eigenvalue weighted by Crippen LogP contribution is 2.37. The van der Waals surface area contributed by atoms with E-state index >= 15 is 0 Å². The van der Waals surface area contributed by atoms with E-state index in [9.17, 15) is 18.0 Å². The van der Waals surface area contributed by atoms with E-state index in [4.69, 9.17) is 0 Å². The summed E-state index contributed by atoms with van der Waals surface area (Å²) in [5.41, 5.74) is 0.915. The summed E-state index contributed by atoms with van der Waals surface area (Å²) in [5.74, 6) is -1.48. The quantitative estimate of drug-likeness (QED) is 0.878. The Labute approximate surface area is 142 Å². The number of nitrogens with zero attached hydrogens (tertiary/aromatic N) is 1. The molecule has 1 saturated carbocycles. The van der Waals surface area contributed by atoms with Crippen LogP contribution in [0.15, 0.2) is 24.3 Å². The highest BCUT2D eigenvalue weighted by atomic mass is 32.1. The van der Waals surface area contributed by atoms with Crippen molar-refractivity contribution in [3.05, 3.63) is 29.3 Å². The molecule has 1 heterocycles. The predicted octanol–water partition coefficient (Wildman–Crippen LogP) is 4.47. The number of para-hydroxylation sites is 1. The molecule has 2 aromatic rings. The smallest absolute Gasteiger partial charge is 0.353 e. The number of benzene rings is 1. The van der Waals surface area contributed by atoms with Gasteiger partial charge >= 0.3 is 6.18 Å². The molecule has 0 bridgehead atoms. The summed E-state index contributed by atoms with van der Waals surface area (Å²) < 4.78 is 39.5. The third-order valence-corrected chi connectivity index (χ3v) is 5.50. The predicted molar refractivity (Wildman–Crippen MR) is 87.9 cm³/mol.